The van der Waals surface area contributed by atoms with Gasteiger partial charge in [-0.2, -0.15) is 0 Å². The van der Waals surface area contributed by atoms with Crippen molar-refractivity contribution in [2.75, 3.05) is 0 Å². The van der Waals surface area contributed by atoms with Crippen molar-refractivity contribution in [3.8, 4) is 22.5 Å². The Kier molecular flexibility index (Phi) is 9.20. The van der Waals surface area contributed by atoms with Crippen LogP contribution in [0.2, 0.25) is 19.6 Å². The first-order valence-corrected chi connectivity index (χ1v) is 16.9. The minimum Gasteiger partial charge on any atom is -0.501 e. The molecule has 0 saturated carbocycles. The van der Waals surface area contributed by atoms with Gasteiger partial charge in [-0.3, -0.25) is 0 Å². The number of fused-ring (bicyclic) bond motifs is 3. The van der Waals surface area contributed by atoms with E-state index in [1.54, 1.807) is 0 Å². The van der Waals surface area contributed by atoms with Crippen molar-refractivity contribution in [1.82, 2.24) is 9.97 Å². The van der Waals surface area contributed by atoms with Gasteiger partial charge >= 0.3 is 0 Å². The molecule has 3 aromatic carbocycles. The van der Waals surface area contributed by atoms with E-state index in [4.69, 9.17) is 4.42 Å². The summed E-state index contributed by atoms with van der Waals surface area (Å²) >= 11 is 0. The Morgan fingerprint density at radius 1 is 0.825 bits per heavy atom. The van der Waals surface area contributed by atoms with Crippen LogP contribution < -0.4 is 5.19 Å². The fraction of sp³-hybridized carbons (Fsp3) is 0.200. The molecule has 0 aliphatic carbocycles. The molecule has 0 saturated heterocycles. The molecular formula is C35H34IrN2OSi-2. The number of nitrogens with zero attached hydrogens (tertiary/aromatic N) is 2. The molecule has 0 amide bonds. The second kappa shape index (κ2) is 12.4. The molecule has 0 N–H and O–H groups in total. The zero-order valence-electron chi connectivity index (χ0n) is 23.9. The van der Waals surface area contributed by atoms with Crippen LogP contribution in [-0.2, 0) is 20.1 Å². The predicted octanol–water partition coefficient (Wildman–Crippen LogP) is 8.97. The van der Waals surface area contributed by atoms with Crippen LogP contribution in [0.25, 0.3) is 44.5 Å². The normalized spacial score (nSPS) is 11.3. The van der Waals surface area contributed by atoms with Gasteiger partial charge in [-0.05, 0) is 41.9 Å². The minimum atomic E-state index is -1.49. The van der Waals surface area contributed by atoms with Crippen LogP contribution in [0.1, 0.15) is 30.9 Å². The molecular weight excluding hydrogens is 685 g/mol. The van der Waals surface area contributed by atoms with Gasteiger partial charge in [-0.15, -0.1) is 54.1 Å². The van der Waals surface area contributed by atoms with Crippen LogP contribution in [0.5, 0.6) is 0 Å². The van der Waals surface area contributed by atoms with Crippen molar-refractivity contribution in [2.45, 2.75) is 46.3 Å². The van der Waals surface area contributed by atoms with Gasteiger partial charge in [0.2, 0.25) is 0 Å². The topological polar surface area (TPSA) is 38.9 Å². The van der Waals surface area contributed by atoms with Gasteiger partial charge in [0, 0.05) is 37.9 Å². The number of hydrogen-bond donors (Lipinski definition) is 0. The first-order valence-electron chi connectivity index (χ1n) is 13.4. The SMILES string of the molecule is CC(C)c1ccnc(-c2[c-]ccc3c2oc2cccc([Si](C)(C)C)c23)c1.Cc1ccc(-c2[c-]cccc2)nc1.[Ir]. The Labute approximate surface area is 252 Å². The van der Waals surface area contributed by atoms with E-state index in [0.717, 1.165) is 33.7 Å². The number of furan rings is 1. The van der Waals surface area contributed by atoms with Gasteiger partial charge in [0.15, 0.2) is 0 Å². The predicted molar refractivity (Wildman–Crippen MR) is 166 cm³/mol. The Hall–Kier alpha value is -3.37. The van der Waals surface area contributed by atoms with Crippen LogP contribution in [0.4, 0.5) is 0 Å². The van der Waals surface area contributed by atoms with Crippen LogP contribution in [0, 0.1) is 19.1 Å². The molecule has 0 spiro atoms. The standard InChI is InChI=1S/C23H24NOSi.C12H10N.Ir/c1-15(2)16-12-13-24-19(14-16)17-8-6-9-18-22-20(25-23(17)18)10-7-11-21(22)26(3,4)5;1-10-7-8-12(13-9-10)11-5-3-2-4-6-11;/h6-7,9-15H,1-5H3;2-5,7-9H,1H3;/q2*-1;. The molecule has 0 unspecified atom stereocenters. The average Bonchev–Trinajstić information content (AvgIpc) is 3.33. The van der Waals surface area contributed by atoms with Gasteiger partial charge in [0.25, 0.3) is 0 Å². The summed E-state index contributed by atoms with van der Waals surface area (Å²) in [5, 5.41) is 3.87. The molecule has 0 aliphatic rings. The molecule has 0 atom stereocenters. The largest absolute Gasteiger partial charge is 0.501 e. The smallest absolute Gasteiger partial charge is 0.120 e. The van der Waals surface area contributed by atoms with Crippen LogP contribution >= 0.6 is 0 Å². The number of aryl methyl sites for hydroxylation is 1. The van der Waals surface area contributed by atoms with E-state index in [-0.39, 0.29) is 20.1 Å². The molecule has 3 heterocycles. The molecule has 0 fully saturated rings. The first kappa shape index (κ1) is 29.6. The van der Waals surface area contributed by atoms with E-state index in [1.165, 1.54) is 27.1 Å². The molecule has 6 aromatic rings. The summed E-state index contributed by atoms with van der Waals surface area (Å²) in [4.78, 5) is 8.92. The Balaban J connectivity index is 0.000000223. The van der Waals surface area contributed by atoms with Crippen LogP contribution in [0.3, 0.4) is 0 Å². The summed E-state index contributed by atoms with van der Waals surface area (Å²) in [6, 6.07) is 33.2. The Morgan fingerprint density at radius 2 is 1.65 bits per heavy atom. The number of hydrogen-bond acceptors (Lipinski definition) is 3. The third-order valence-corrected chi connectivity index (χ3v) is 8.90. The Morgan fingerprint density at radius 3 is 2.33 bits per heavy atom. The van der Waals surface area contributed by atoms with Crippen LogP contribution in [0.15, 0.2) is 95.7 Å². The van der Waals surface area contributed by atoms with Gasteiger partial charge in [0.1, 0.15) is 5.58 Å². The van der Waals surface area contributed by atoms with E-state index >= 15 is 0 Å². The van der Waals surface area contributed by atoms with Gasteiger partial charge in [0.05, 0.1) is 13.7 Å². The number of rotatable bonds is 4. The maximum atomic E-state index is 6.33. The number of pyridine rings is 2. The van der Waals surface area contributed by atoms with Crippen molar-refractivity contribution in [2.24, 2.45) is 0 Å². The summed E-state index contributed by atoms with van der Waals surface area (Å²) in [6.07, 6.45) is 3.75. The van der Waals surface area contributed by atoms with E-state index < -0.39 is 8.07 Å². The number of benzene rings is 3. The summed E-state index contributed by atoms with van der Waals surface area (Å²) in [5.74, 6) is 0.463. The molecule has 3 aromatic heterocycles. The zero-order valence-corrected chi connectivity index (χ0v) is 27.3. The molecule has 1 radical (unpaired) electrons. The zero-order chi connectivity index (χ0) is 27.6. The maximum Gasteiger partial charge on any atom is 0.120 e. The summed E-state index contributed by atoms with van der Waals surface area (Å²) in [7, 11) is -1.49. The van der Waals surface area contributed by atoms with E-state index in [9.17, 15) is 0 Å². The monoisotopic (exact) mass is 719 g/mol. The summed E-state index contributed by atoms with van der Waals surface area (Å²) < 4.78 is 6.33. The van der Waals surface area contributed by atoms with Crippen molar-refractivity contribution in [1.29, 1.82) is 0 Å². The van der Waals surface area contributed by atoms with Crippen molar-refractivity contribution in [3.63, 3.8) is 0 Å². The average molecular weight is 719 g/mol. The Bertz CT molecular complexity index is 1720. The van der Waals surface area contributed by atoms with Crippen molar-refractivity contribution < 1.29 is 24.5 Å². The molecule has 3 nitrogen and oxygen atoms in total. The maximum absolute atomic E-state index is 6.33. The molecule has 40 heavy (non-hydrogen) atoms. The van der Waals surface area contributed by atoms with Crippen LogP contribution in [-0.4, -0.2) is 18.0 Å². The molecule has 5 heteroatoms. The van der Waals surface area contributed by atoms with Crippen molar-refractivity contribution >= 4 is 35.2 Å². The first-order chi connectivity index (χ1) is 18.7. The summed E-state index contributed by atoms with van der Waals surface area (Å²) in [5.41, 5.74) is 8.20. The third kappa shape index (κ3) is 6.33. The molecule has 205 valence electrons. The second-order valence-electron chi connectivity index (χ2n) is 11.3. The van der Waals surface area contributed by atoms with Gasteiger partial charge in [-0.1, -0.05) is 85.5 Å². The molecule has 6 rings (SSSR count). The number of aromatic nitrogens is 2. The minimum absolute atomic E-state index is 0. The summed E-state index contributed by atoms with van der Waals surface area (Å²) in [6.45, 7) is 13.6. The third-order valence-electron chi connectivity index (χ3n) is 6.87. The van der Waals surface area contributed by atoms with E-state index in [0.29, 0.717) is 5.92 Å². The van der Waals surface area contributed by atoms with Gasteiger partial charge in [-0.25, -0.2) is 0 Å². The van der Waals surface area contributed by atoms with E-state index in [1.807, 2.05) is 55.7 Å². The molecule has 0 aliphatic heterocycles. The quantitative estimate of drug-likeness (QED) is 0.135. The van der Waals surface area contributed by atoms with Gasteiger partial charge < -0.3 is 14.4 Å². The molecule has 0 bridgehead atoms. The van der Waals surface area contributed by atoms with Crippen molar-refractivity contribution in [3.05, 3.63) is 115 Å². The fourth-order valence-corrected chi connectivity index (χ4v) is 6.33. The fourth-order valence-electron chi connectivity index (χ4n) is 4.73. The van der Waals surface area contributed by atoms with E-state index in [2.05, 4.69) is 98.1 Å². The second-order valence-corrected chi connectivity index (χ2v) is 16.3.